The van der Waals surface area contributed by atoms with Crippen molar-refractivity contribution < 1.29 is 24.0 Å². The molecule has 0 N–H and O–H groups in total. The summed E-state index contributed by atoms with van der Waals surface area (Å²) in [6.07, 6.45) is 3.11. The molecule has 1 aliphatic carbocycles. The molecular formula is C25H16N2O5S2. The number of Topliss-reactive ketones (excluding diaryl/α,β-unsaturated/α-hetero) is 2. The van der Waals surface area contributed by atoms with Gasteiger partial charge in [0.2, 0.25) is 0 Å². The first-order valence-electron chi connectivity index (χ1n) is 10.2. The summed E-state index contributed by atoms with van der Waals surface area (Å²) in [7, 11) is 2.67. The second-order valence-corrected chi connectivity index (χ2v) is 9.97. The number of likely N-dealkylation sites (N-methyl/N-ethyl adjacent to an activating group) is 2. The highest BCUT2D eigenvalue weighted by Gasteiger charge is 2.38. The quantitative estimate of drug-likeness (QED) is 0.403. The number of amides is 4. The number of hydrogen-bond acceptors (Lipinski definition) is 7. The summed E-state index contributed by atoms with van der Waals surface area (Å²) in [4.78, 5) is 67.1. The molecule has 1 aromatic carbocycles. The smallest absolute Gasteiger partial charge is 0.288 e. The lowest BCUT2D eigenvalue weighted by Gasteiger charge is -2.28. The Kier molecular flexibility index (Phi) is 5.22. The number of imide groups is 2. The minimum absolute atomic E-state index is 0.0765. The van der Waals surface area contributed by atoms with Crippen molar-refractivity contribution in [2.75, 3.05) is 14.1 Å². The summed E-state index contributed by atoms with van der Waals surface area (Å²) in [5.74, 6) is -1.81. The molecule has 9 heteroatoms. The fourth-order valence-corrected chi connectivity index (χ4v) is 5.78. The first kappa shape index (κ1) is 21.9. The topological polar surface area (TPSA) is 91.8 Å². The Labute approximate surface area is 202 Å². The number of allylic oxidation sites excluding steroid dienone is 1. The Morgan fingerprint density at radius 2 is 1.06 bits per heavy atom. The number of nitrogens with zero attached hydrogens (tertiary/aromatic N) is 2. The molecule has 3 heterocycles. The number of urea groups is 1. The van der Waals surface area contributed by atoms with Gasteiger partial charge in [-0.25, -0.2) is 4.79 Å². The van der Waals surface area contributed by atoms with E-state index in [1.54, 1.807) is 36.4 Å². The molecule has 0 bridgehead atoms. The van der Waals surface area contributed by atoms with Crippen LogP contribution in [0.3, 0.4) is 0 Å². The molecule has 3 aromatic rings. The lowest BCUT2D eigenvalue weighted by molar-refractivity contribution is -0.134. The SMILES string of the molecule is CN1C(=O)C(=Cc2ccc(-c3ccc(C=C4C(=O)c5ccccc5C4=O)s3)s2)C(=O)N(C)C1=O. The van der Waals surface area contributed by atoms with Gasteiger partial charge in [-0.05, 0) is 36.4 Å². The van der Waals surface area contributed by atoms with Crippen LogP contribution in [0, 0.1) is 0 Å². The maximum atomic E-state index is 12.6. The largest absolute Gasteiger partial charge is 0.333 e. The third-order valence-corrected chi connectivity index (χ3v) is 7.88. The van der Waals surface area contributed by atoms with E-state index in [1.807, 2.05) is 18.2 Å². The fourth-order valence-electron chi connectivity index (χ4n) is 3.79. The molecule has 2 aromatic heterocycles. The van der Waals surface area contributed by atoms with E-state index in [0.717, 1.165) is 24.4 Å². The number of ketones is 2. The van der Waals surface area contributed by atoms with Crippen LogP contribution in [0.5, 0.6) is 0 Å². The highest BCUT2D eigenvalue weighted by atomic mass is 32.1. The molecule has 34 heavy (non-hydrogen) atoms. The Bertz CT molecular complexity index is 1430. The summed E-state index contributed by atoms with van der Waals surface area (Å²) in [6.45, 7) is 0. The van der Waals surface area contributed by atoms with Crippen LogP contribution in [0.1, 0.15) is 30.5 Å². The zero-order valence-electron chi connectivity index (χ0n) is 18.0. The van der Waals surface area contributed by atoms with Crippen molar-refractivity contribution in [3.8, 4) is 9.75 Å². The molecule has 1 aliphatic heterocycles. The molecule has 0 saturated carbocycles. The Balaban J connectivity index is 1.41. The number of benzene rings is 1. The zero-order valence-corrected chi connectivity index (χ0v) is 19.7. The van der Waals surface area contributed by atoms with Gasteiger partial charge in [0, 0.05) is 44.7 Å². The monoisotopic (exact) mass is 488 g/mol. The van der Waals surface area contributed by atoms with E-state index < -0.39 is 17.8 Å². The molecule has 0 spiro atoms. The highest BCUT2D eigenvalue weighted by molar-refractivity contribution is 7.23. The highest BCUT2D eigenvalue weighted by Crippen LogP contribution is 2.36. The van der Waals surface area contributed by atoms with Crippen molar-refractivity contribution in [2.24, 2.45) is 0 Å². The number of fused-ring (bicyclic) bond motifs is 1. The molecule has 0 unspecified atom stereocenters. The number of barbiturate groups is 1. The molecule has 1 saturated heterocycles. The summed E-state index contributed by atoms with van der Waals surface area (Å²) >= 11 is 2.82. The van der Waals surface area contributed by atoms with Gasteiger partial charge in [-0.2, -0.15) is 0 Å². The van der Waals surface area contributed by atoms with Gasteiger partial charge in [0.15, 0.2) is 11.6 Å². The summed E-state index contributed by atoms with van der Waals surface area (Å²) in [6, 6.07) is 13.5. The van der Waals surface area contributed by atoms with Crippen LogP contribution < -0.4 is 0 Å². The van der Waals surface area contributed by atoms with Gasteiger partial charge in [-0.15, -0.1) is 22.7 Å². The second-order valence-electron chi connectivity index (χ2n) is 7.73. The van der Waals surface area contributed by atoms with E-state index >= 15 is 0 Å². The van der Waals surface area contributed by atoms with E-state index in [9.17, 15) is 24.0 Å². The summed E-state index contributed by atoms with van der Waals surface area (Å²) in [5.41, 5.74) is 0.934. The molecular weight excluding hydrogens is 472 g/mol. The van der Waals surface area contributed by atoms with Gasteiger partial charge in [0.05, 0.1) is 5.57 Å². The van der Waals surface area contributed by atoms with Gasteiger partial charge in [-0.1, -0.05) is 24.3 Å². The molecule has 168 valence electrons. The first-order valence-corrected chi connectivity index (χ1v) is 11.8. The number of carbonyl (C=O) groups excluding carboxylic acids is 5. The summed E-state index contributed by atoms with van der Waals surface area (Å²) < 4.78 is 0. The maximum Gasteiger partial charge on any atom is 0.333 e. The van der Waals surface area contributed by atoms with Crippen molar-refractivity contribution in [2.45, 2.75) is 0 Å². The molecule has 5 rings (SSSR count). The van der Waals surface area contributed by atoms with E-state index in [0.29, 0.717) is 16.0 Å². The van der Waals surface area contributed by atoms with Crippen LogP contribution in [-0.2, 0) is 9.59 Å². The minimum atomic E-state index is -0.665. The van der Waals surface area contributed by atoms with Gasteiger partial charge in [-0.3, -0.25) is 29.0 Å². The molecule has 7 nitrogen and oxygen atoms in total. The molecule has 0 atom stereocenters. The van der Waals surface area contributed by atoms with Crippen molar-refractivity contribution in [3.05, 3.63) is 80.6 Å². The third kappa shape index (κ3) is 3.46. The molecule has 4 amide bonds. The molecule has 2 aliphatic rings. The number of carbonyl (C=O) groups is 5. The Hall–Kier alpha value is -3.95. The number of thiophene rings is 2. The van der Waals surface area contributed by atoms with Gasteiger partial charge >= 0.3 is 6.03 Å². The van der Waals surface area contributed by atoms with Crippen molar-refractivity contribution >= 4 is 64.2 Å². The van der Waals surface area contributed by atoms with Crippen LogP contribution in [0.25, 0.3) is 21.9 Å². The van der Waals surface area contributed by atoms with Gasteiger partial charge < -0.3 is 0 Å². The van der Waals surface area contributed by atoms with Gasteiger partial charge in [0.25, 0.3) is 11.8 Å². The van der Waals surface area contributed by atoms with Gasteiger partial charge in [0.1, 0.15) is 5.57 Å². The van der Waals surface area contributed by atoms with Crippen LogP contribution in [0.15, 0.2) is 59.7 Å². The van der Waals surface area contributed by atoms with Crippen LogP contribution in [0.4, 0.5) is 4.79 Å². The molecule has 1 fully saturated rings. The molecule has 0 radical (unpaired) electrons. The Morgan fingerprint density at radius 1 is 0.618 bits per heavy atom. The zero-order chi connectivity index (χ0) is 24.1. The van der Waals surface area contributed by atoms with E-state index in [-0.39, 0.29) is 22.7 Å². The predicted molar refractivity (Wildman–Crippen MR) is 130 cm³/mol. The average molecular weight is 489 g/mol. The number of hydrogen-bond donors (Lipinski definition) is 0. The first-order chi connectivity index (χ1) is 16.3. The fraction of sp³-hybridized carbons (Fsp3) is 0.0800. The number of rotatable bonds is 3. The van der Waals surface area contributed by atoms with E-state index in [2.05, 4.69) is 0 Å². The standard InChI is InChI=1S/C25H16N2O5S2/c1-26-23(30)18(24(31)27(2)25(26)32)12-14-8-10-20(34-14)19-9-7-13(33-19)11-17-21(28)15-5-3-4-6-16(15)22(17)29/h3-12H,1-2H3. The van der Waals surface area contributed by atoms with E-state index in [1.165, 1.54) is 42.8 Å². The van der Waals surface area contributed by atoms with Crippen molar-refractivity contribution in [3.63, 3.8) is 0 Å². The van der Waals surface area contributed by atoms with Crippen LogP contribution >= 0.6 is 22.7 Å². The summed E-state index contributed by atoms with van der Waals surface area (Å²) in [5, 5.41) is 0. The lowest BCUT2D eigenvalue weighted by atomic mass is 10.1. The second kappa shape index (κ2) is 8.12. The average Bonchev–Trinajstić information content (AvgIpc) is 3.56. The minimum Gasteiger partial charge on any atom is -0.288 e. The predicted octanol–water partition coefficient (Wildman–Crippen LogP) is 4.37. The normalized spacial score (nSPS) is 16.0. The maximum absolute atomic E-state index is 12.6. The van der Waals surface area contributed by atoms with Crippen molar-refractivity contribution in [1.29, 1.82) is 0 Å². The van der Waals surface area contributed by atoms with E-state index in [4.69, 9.17) is 0 Å². The third-order valence-electron chi connectivity index (χ3n) is 5.62. The van der Waals surface area contributed by atoms with Crippen LogP contribution in [0.2, 0.25) is 0 Å². The van der Waals surface area contributed by atoms with Crippen LogP contribution in [-0.4, -0.2) is 53.3 Å². The Morgan fingerprint density at radius 3 is 1.53 bits per heavy atom. The van der Waals surface area contributed by atoms with Crippen molar-refractivity contribution in [1.82, 2.24) is 9.80 Å². The lowest BCUT2D eigenvalue weighted by Crippen LogP contribution is -2.52.